The molecule has 1 atom stereocenters. The van der Waals surface area contributed by atoms with E-state index in [2.05, 4.69) is 16.0 Å². The summed E-state index contributed by atoms with van der Waals surface area (Å²) >= 11 is 5.43. The van der Waals surface area contributed by atoms with Crippen LogP contribution in [-0.2, 0) is 14.4 Å². The molecule has 3 N–H and O–H groups in total. The molecule has 0 saturated carbocycles. The molecule has 184 valence electrons. The number of piperidine rings is 1. The van der Waals surface area contributed by atoms with Crippen molar-refractivity contribution in [2.45, 2.75) is 63.8 Å². The van der Waals surface area contributed by atoms with E-state index in [1.165, 1.54) is 0 Å². The Kier molecular flexibility index (Phi) is 9.44. The van der Waals surface area contributed by atoms with Crippen LogP contribution in [0.1, 0.15) is 78.5 Å². The zero-order valence-corrected chi connectivity index (χ0v) is 19.9. The van der Waals surface area contributed by atoms with E-state index in [0.29, 0.717) is 24.3 Å². The second-order valence-corrected chi connectivity index (χ2v) is 8.83. The SMILES string of the molecule is O=C(CCl)NCCCCCCCCCNc1cccc2c1C(=O)N(C1CCC(=O)NC1=O)C2=O. The van der Waals surface area contributed by atoms with Gasteiger partial charge in [-0.2, -0.15) is 0 Å². The Morgan fingerprint density at radius 1 is 0.971 bits per heavy atom. The van der Waals surface area contributed by atoms with Crippen molar-refractivity contribution in [3.8, 4) is 0 Å². The Morgan fingerprint density at radius 3 is 2.32 bits per heavy atom. The summed E-state index contributed by atoms with van der Waals surface area (Å²) in [5.74, 6) is -2.13. The van der Waals surface area contributed by atoms with Gasteiger partial charge in [-0.25, -0.2) is 0 Å². The number of benzene rings is 1. The lowest BCUT2D eigenvalue weighted by Crippen LogP contribution is -2.54. The first-order valence-electron chi connectivity index (χ1n) is 11.8. The molecule has 2 aliphatic rings. The van der Waals surface area contributed by atoms with Gasteiger partial charge in [-0.05, 0) is 31.4 Å². The number of nitrogens with one attached hydrogen (secondary N) is 3. The van der Waals surface area contributed by atoms with Crippen LogP contribution in [0.5, 0.6) is 0 Å². The van der Waals surface area contributed by atoms with Crippen LogP contribution in [0.4, 0.5) is 5.69 Å². The van der Waals surface area contributed by atoms with Crippen molar-refractivity contribution in [2.75, 3.05) is 24.3 Å². The lowest BCUT2D eigenvalue weighted by molar-refractivity contribution is -0.136. The van der Waals surface area contributed by atoms with Crippen molar-refractivity contribution in [3.05, 3.63) is 29.3 Å². The van der Waals surface area contributed by atoms with Crippen LogP contribution in [0, 0.1) is 0 Å². The smallest absolute Gasteiger partial charge is 0.264 e. The Labute approximate surface area is 204 Å². The number of rotatable bonds is 13. The molecule has 0 aromatic heterocycles. The number of alkyl halides is 1. The third-order valence-corrected chi connectivity index (χ3v) is 6.32. The molecule has 1 unspecified atom stereocenters. The maximum atomic E-state index is 13.1. The van der Waals surface area contributed by atoms with Gasteiger partial charge in [0.15, 0.2) is 0 Å². The molecule has 0 aliphatic carbocycles. The highest BCUT2D eigenvalue weighted by atomic mass is 35.5. The number of carbonyl (C=O) groups excluding carboxylic acids is 5. The molecule has 34 heavy (non-hydrogen) atoms. The maximum Gasteiger partial charge on any atom is 0.264 e. The predicted molar refractivity (Wildman–Crippen MR) is 128 cm³/mol. The molecule has 1 aromatic rings. The van der Waals surface area contributed by atoms with Crippen molar-refractivity contribution < 1.29 is 24.0 Å². The second-order valence-electron chi connectivity index (χ2n) is 8.56. The molecule has 0 bridgehead atoms. The molecule has 1 aromatic carbocycles. The summed E-state index contributed by atoms with van der Waals surface area (Å²) in [5, 5.41) is 8.23. The van der Waals surface area contributed by atoms with Gasteiger partial charge in [0.05, 0.1) is 11.1 Å². The van der Waals surface area contributed by atoms with Crippen molar-refractivity contribution in [1.82, 2.24) is 15.5 Å². The first kappa shape index (κ1) is 25.7. The van der Waals surface area contributed by atoms with Gasteiger partial charge in [-0.3, -0.25) is 34.2 Å². The van der Waals surface area contributed by atoms with Crippen molar-refractivity contribution in [2.24, 2.45) is 0 Å². The van der Waals surface area contributed by atoms with E-state index in [9.17, 15) is 24.0 Å². The number of carbonyl (C=O) groups is 5. The van der Waals surface area contributed by atoms with Gasteiger partial charge in [0.25, 0.3) is 11.8 Å². The van der Waals surface area contributed by atoms with Gasteiger partial charge in [0, 0.05) is 25.2 Å². The highest BCUT2D eigenvalue weighted by Gasteiger charge is 2.45. The quantitative estimate of drug-likeness (QED) is 0.222. The summed E-state index contributed by atoms with van der Waals surface area (Å²) in [6.07, 6.45) is 7.56. The van der Waals surface area contributed by atoms with E-state index in [1.807, 2.05) is 0 Å². The summed E-state index contributed by atoms with van der Waals surface area (Å²) in [5.41, 5.74) is 1.16. The van der Waals surface area contributed by atoms with Crippen LogP contribution >= 0.6 is 11.6 Å². The lowest BCUT2D eigenvalue weighted by atomic mass is 10.0. The predicted octanol–water partition coefficient (Wildman–Crippen LogP) is 2.59. The Bertz CT molecular complexity index is 951. The number of imide groups is 2. The number of nitrogens with zero attached hydrogens (tertiary/aromatic N) is 1. The zero-order chi connectivity index (χ0) is 24.5. The summed E-state index contributed by atoms with van der Waals surface area (Å²) < 4.78 is 0. The molecule has 10 heteroatoms. The van der Waals surface area contributed by atoms with Gasteiger partial charge in [0.1, 0.15) is 11.9 Å². The molecular weight excluding hydrogens is 460 g/mol. The molecule has 1 saturated heterocycles. The molecular formula is C24H31ClN4O5. The zero-order valence-electron chi connectivity index (χ0n) is 19.2. The number of fused-ring (bicyclic) bond motifs is 1. The average Bonchev–Trinajstić information content (AvgIpc) is 3.08. The van der Waals surface area contributed by atoms with Gasteiger partial charge in [-0.1, -0.05) is 38.2 Å². The van der Waals surface area contributed by atoms with Gasteiger partial charge in [0.2, 0.25) is 17.7 Å². The number of hydrogen-bond donors (Lipinski definition) is 3. The average molecular weight is 491 g/mol. The van der Waals surface area contributed by atoms with Crippen molar-refractivity contribution in [3.63, 3.8) is 0 Å². The molecule has 2 aliphatic heterocycles. The molecule has 2 heterocycles. The van der Waals surface area contributed by atoms with Gasteiger partial charge < -0.3 is 10.6 Å². The highest BCUT2D eigenvalue weighted by Crippen LogP contribution is 2.32. The fourth-order valence-electron chi connectivity index (χ4n) is 4.29. The minimum absolute atomic E-state index is 0.00237. The molecule has 1 fully saturated rings. The maximum absolute atomic E-state index is 13.1. The summed E-state index contributed by atoms with van der Waals surface area (Å²) in [6, 6.07) is 4.11. The second kappa shape index (κ2) is 12.5. The van der Waals surface area contributed by atoms with Crippen LogP contribution in [0.3, 0.4) is 0 Å². The van der Waals surface area contributed by atoms with Crippen molar-refractivity contribution in [1.29, 1.82) is 0 Å². The third kappa shape index (κ3) is 6.34. The summed E-state index contributed by atoms with van der Waals surface area (Å²) in [4.78, 5) is 61.6. The van der Waals surface area contributed by atoms with E-state index < -0.39 is 29.7 Å². The minimum atomic E-state index is -0.963. The number of amides is 5. The van der Waals surface area contributed by atoms with Crippen molar-refractivity contribution >= 4 is 46.8 Å². The highest BCUT2D eigenvalue weighted by molar-refractivity contribution is 6.27. The summed E-state index contributed by atoms with van der Waals surface area (Å²) in [6.45, 7) is 1.33. The Morgan fingerprint density at radius 2 is 1.65 bits per heavy atom. The van der Waals surface area contributed by atoms with Crippen LogP contribution in [0.25, 0.3) is 0 Å². The number of unbranched alkanes of at least 4 members (excludes halogenated alkanes) is 6. The summed E-state index contributed by atoms with van der Waals surface area (Å²) in [7, 11) is 0. The normalized spacial score (nSPS) is 17.6. The largest absolute Gasteiger partial charge is 0.384 e. The van der Waals surface area contributed by atoms with Crippen LogP contribution < -0.4 is 16.0 Å². The first-order valence-corrected chi connectivity index (χ1v) is 12.4. The van der Waals surface area contributed by atoms with E-state index in [1.54, 1.807) is 18.2 Å². The standard InChI is InChI=1S/C24H31ClN4O5/c25-15-20(31)27-14-7-5-3-1-2-4-6-13-26-17-10-8-9-16-21(17)24(34)29(23(16)33)18-11-12-19(30)28-22(18)32/h8-10,18,26H,1-7,11-15H2,(H,27,31)(H,28,30,32). The number of halogens is 1. The molecule has 0 spiro atoms. The topological polar surface area (TPSA) is 125 Å². The first-order chi connectivity index (χ1) is 16.4. The van der Waals surface area contributed by atoms with E-state index in [-0.39, 0.29) is 30.2 Å². The van der Waals surface area contributed by atoms with E-state index >= 15 is 0 Å². The van der Waals surface area contributed by atoms with E-state index in [0.717, 1.165) is 49.8 Å². The monoisotopic (exact) mass is 490 g/mol. The third-order valence-electron chi connectivity index (χ3n) is 6.08. The number of anilines is 1. The molecule has 3 rings (SSSR count). The minimum Gasteiger partial charge on any atom is -0.384 e. The van der Waals surface area contributed by atoms with Gasteiger partial charge in [-0.15, -0.1) is 11.6 Å². The molecule has 5 amide bonds. The fourth-order valence-corrected chi connectivity index (χ4v) is 4.39. The Hall–Kier alpha value is -2.94. The van der Waals surface area contributed by atoms with Gasteiger partial charge >= 0.3 is 0 Å². The fraction of sp³-hybridized carbons (Fsp3) is 0.542. The van der Waals surface area contributed by atoms with Crippen LogP contribution in [0.15, 0.2) is 18.2 Å². The lowest BCUT2D eigenvalue weighted by Gasteiger charge is -2.27. The van der Waals surface area contributed by atoms with E-state index in [4.69, 9.17) is 11.6 Å². The van der Waals surface area contributed by atoms with Crippen LogP contribution in [0.2, 0.25) is 0 Å². The molecule has 9 nitrogen and oxygen atoms in total. The Balaban J connectivity index is 1.41. The number of hydrogen-bond acceptors (Lipinski definition) is 6. The van der Waals surface area contributed by atoms with Crippen LogP contribution in [-0.4, -0.2) is 59.4 Å². The molecule has 0 radical (unpaired) electrons.